The van der Waals surface area contributed by atoms with Crippen LogP contribution < -0.4 is 5.73 Å². The number of hydrogen-bond donors (Lipinski definition) is 2. The van der Waals surface area contributed by atoms with Gasteiger partial charge < -0.3 is 15.6 Å². The zero-order valence-electron chi connectivity index (χ0n) is 8.50. The summed E-state index contributed by atoms with van der Waals surface area (Å²) in [6.07, 6.45) is 0.236. The minimum absolute atomic E-state index is 0.0655. The number of methoxy groups -OCH3 is 1. The predicted octanol–water partition coefficient (Wildman–Crippen LogP) is 0.757. The van der Waals surface area contributed by atoms with Crippen molar-refractivity contribution in [3.8, 4) is 0 Å². The van der Waals surface area contributed by atoms with Gasteiger partial charge in [0.25, 0.3) is 0 Å². The third kappa shape index (κ3) is 4.70. The molecule has 74 valence electrons. The van der Waals surface area contributed by atoms with Crippen molar-refractivity contribution < 1.29 is 9.84 Å². The smallest absolute Gasteiger partial charge is 0.0614 e. The van der Waals surface area contributed by atoms with E-state index in [0.29, 0.717) is 13.0 Å². The number of aliphatic hydroxyl groups is 1. The van der Waals surface area contributed by atoms with E-state index >= 15 is 0 Å². The molecule has 0 spiro atoms. The second-order valence-electron chi connectivity index (χ2n) is 4.33. The minimum atomic E-state index is -0.359. The topological polar surface area (TPSA) is 55.5 Å². The van der Waals surface area contributed by atoms with Crippen molar-refractivity contribution in [1.29, 1.82) is 0 Å². The Morgan fingerprint density at radius 1 is 1.42 bits per heavy atom. The Labute approximate surface area is 74.9 Å². The van der Waals surface area contributed by atoms with Gasteiger partial charge in [0.2, 0.25) is 0 Å². The number of rotatable bonds is 4. The highest BCUT2D eigenvalue weighted by Crippen LogP contribution is 2.22. The first-order chi connectivity index (χ1) is 5.38. The number of hydrogen-bond acceptors (Lipinski definition) is 3. The van der Waals surface area contributed by atoms with Gasteiger partial charge in [-0.2, -0.15) is 0 Å². The summed E-state index contributed by atoms with van der Waals surface area (Å²) in [7, 11) is 1.61. The summed E-state index contributed by atoms with van der Waals surface area (Å²) in [5.41, 5.74) is 5.60. The second-order valence-corrected chi connectivity index (χ2v) is 4.33. The van der Waals surface area contributed by atoms with Crippen molar-refractivity contribution in [3.05, 3.63) is 0 Å². The Hall–Kier alpha value is -0.120. The molecule has 0 aliphatic heterocycles. The summed E-state index contributed by atoms with van der Waals surface area (Å²) in [5.74, 6) is 0. The van der Waals surface area contributed by atoms with E-state index in [-0.39, 0.29) is 17.6 Å². The van der Waals surface area contributed by atoms with Crippen LogP contribution in [-0.2, 0) is 4.74 Å². The lowest BCUT2D eigenvalue weighted by Gasteiger charge is -2.27. The van der Waals surface area contributed by atoms with Gasteiger partial charge in [0, 0.05) is 13.2 Å². The minimum Gasteiger partial charge on any atom is -0.393 e. The molecule has 0 heterocycles. The van der Waals surface area contributed by atoms with E-state index in [0.717, 1.165) is 0 Å². The van der Waals surface area contributed by atoms with Crippen LogP contribution in [0.15, 0.2) is 0 Å². The largest absolute Gasteiger partial charge is 0.393 e. The van der Waals surface area contributed by atoms with E-state index in [1.165, 1.54) is 0 Å². The lowest BCUT2D eigenvalue weighted by molar-refractivity contribution is 0.0403. The van der Waals surface area contributed by atoms with Gasteiger partial charge >= 0.3 is 0 Å². The summed E-state index contributed by atoms with van der Waals surface area (Å²) in [4.78, 5) is 0. The summed E-state index contributed by atoms with van der Waals surface area (Å²) in [5, 5.41) is 9.65. The fraction of sp³-hybridized carbons (Fsp3) is 1.00. The molecule has 0 radical (unpaired) electrons. The van der Waals surface area contributed by atoms with E-state index < -0.39 is 0 Å². The molecule has 3 N–H and O–H groups in total. The van der Waals surface area contributed by atoms with Crippen LogP contribution >= 0.6 is 0 Å². The monoisotopic (exact) mass is 175 g/mol. The van der Waals surface area contributed by atoms with Crippen molar-refractivity contribution >= 4 is 0 Å². The Kier molecular flexibility index (Phi) is 4.75. The summed E-state index contributed by atoms with van der Waals surface area (Å²) in [6, 6.07) is -0.0655. The Morgan fingerprint density at radius 3 is 2.25 bits per heavy atom. The Bertz CT molecular complexity index is 120. The first kappa shape index (κ1) is 11.9. The van der Waals surface area contributed by atoms with Gasteiger partial charge in [-0.25, -0.2) is 0 Å². The third-order valence-corrected chi connectivity index (χ3v) is 1.91. The van der Waals surface area contributed by atoms with Crippen LogP contribution in [0.1, 0.15) is 27.2 Å². The van der Waals surface area contributed by atoms with Gasteiger partial charge in [0.1, 0.15) is 0 Å². The molecule has 0 saturated heterocycles. The molecule has 0 aromatic rings. The molecule has 2 unspecified atom stereocenters. The van der Waals surface area contributed by atoms with Gasteiger partial charge in [-0.15, -0.1) is 0 Å². The fourth-order valence-electron chi connectivity index (χ4n) is 0.922. The van der Waals surface area contributed by atoms with Gasteiger partial charge in [-0.1, -0.05) is 20.8 Å². The molecule has 0 bridgehead atoms. The zero-order chi connectivity index (χ0) is 9.78. The molecule has 0 aliphatic rings. The first-order valence-electron chi connectivity index (χ1n) is 4.30. The van der Waals surface area contributed by atoms with E-state index in [1.54, 1.807) is 7.11 Å². The lowest BCUT2D eigenvalue weighted by Crippen LogP contribution is -2.36. The van der Waals surface area contributed by atoms with E-state index in [4.69, 9.17) is 10.5 Å². The summed E-state index contributed by atoms with van der Waals surface area (Å²) >= 11 is 0. The van der Waals surface area contributed by atoms with Crippen LogP contribution in [0.5, 0.6) is 0 Å². The van der Waals surface area contributed by atoms with Crippen LogP contribution in [0.3, 0.4) is 0 Å². The maximum atomic E-state index is 9.65. The molecule has 0 aromatic heterocycles. The molecule has 0 amide bonds. The number of aliphatic hydroxyl groups excluding tert-OH is 1. The Balaban J connectivity index is 3.76. The highest BCUT2D eigenvalue weighted by molar-refractivity contribution is 4.77. The molecule has 0 saturated carbocycles. The van der Waals surface area contributed by atoms with Gasteiger partial charge in [0.05, 0.1) is 12.7 Å². The van der Waals surface area contributed by atoms with Crippen LogP contribution in [0, 0.1) is 5.41 Å². The first-order valence-corrected chi connectivity index (χ1v) is 4.30. The van der Waals surface area contributed by atoms with Crippen molar-refractivity contribution in [2.75, 3.05) is 13.7 Å². The molecule has 0 aliphatic carbocycles. The fourth-order valence-corrected chi connectivity index (χ4v) is 0.922. The average Bonchev–Trinajstić information content (AvgIpc) is 1.85. The maximum absolute atomic E-state index is 9.65. The molecule has 0 rings (SSSR count). The number of nitrogens with two attached hydrogens (primary N) is 1. The molecule has 2 atom stereocenters. The quantitative estimate of drug-likeness (QED) is 0.663. The Morgan fingerprint density at radius 2 is 1.92 bits per heavy atom. The van der Waals surface area contributed by atoms with Crippen LogP contribution in [0.4, 0.5) is 0 Å². The van der Waals surface area contributed by atoms with Crippen molar-refractivity contribution in [2.45, 2.75) is 39.3 Å². The van der Waals surface area contributed by atoms with Crippen molar-refractivity contribution in [1.82, 2.24) is 0 Å². The van der Waals surface area contributed by atoms with Crippen molar-refractivity contribution in [3.63, 3.8) is 0 Å². The molecule has 0 fully saturated rings. The molecule has 12 heavy (non-hydrogen) atoms. The van der Waals surface area contributed by atoms with Crippen LogP contribution in [0.25, 0.3) is 0 Å². The second kappa shape index (κ2) is 4.80. The van der Waals surface area contributed by atoms with Crippen molar-refractivity contribution in [2.24, 2.45) is 11.1 Å². The van der Waals surface area contributed by atoms with E-state index in [2.05, 4.69) is 0 Å². The van der Waals surface area contributed by atoms with Crippen LogP contribution in [-0.4, -0.2) is 31.0 Å². The predicted molar refractivity (Wildman–Crippen MR) is 49.9 cm³/mol. The van der Waals surface area contributed by atoms with Crippen LogP contribution in [0.2, 0.25) is 0 Å². The van der Waals surface area contributed by atoms with Gasteiger partial charge in [-0.3, -0.25) is 0 Å². The SMILES string of the molecule is COCC(N)CC(O)C(C)(C)C. The molecular weight excluding hydrogens is 154 g/mol. The molecule has 3 nitrogen and oxygen atoms in total. The highest BCUT2D eigenvalue weighted by Gasteiger charge is 2.23. The molecular formula is C9H21NO2. The number of ether oxygens (including phenoxy) is 1. The van der Waals surface area contributed by atoms with E-state index in [9.17, 15) is 5.11 Å². The van der Waals surface area contributed by atoms with E-state index in [1.807, 2.05) is 20.8 Å². The lowest BCUT2D eigenvalue weighted by atomic mass is 9.86. The average molecular weight is 175 g/mol. The third-order valence-electron chi connectivity index (χ3n) is 1.91. The normalized spacial score (nSPS) is 17.5. The zero-order valence-corrected chi connectivity index (χ0v) is 8.50. The highest BCUT2D eigenvalue weighted by atomic mass is 16.5. The summed E-state index contributed by atoms with van der Waals surface area (Å²) in [6.45, 7) is 6.50. The molecule has 3 heteroatoms. The standard InChI is InChI=1S/C9H21NO2/c1-9(2,3)8(11)5-7(10)6-12-4/h7-8,11H,5-6,10H2,1-4H3. The maximum Gasteiger partial charge on any atom is 0.0614 e. The van der Waals surface area contributed by atoms with Gasteiger partial charge in [-0.05, 0) is 11.8 Å². The van der Waals surface area contributed by atoms with Gasteiger partial charge in [0.15, 0.2) is 0 Å². The summed E-state index contributed by atoms with van der Waals surface area (Å²) < 4.78 is 4.88. The molecule has 0 aromatic carbocycles.